The van der Waals surface area contributed by atoms with Crippen molar-refractivity contribution in [2.75, 3.05) is 0 Å². The summed E-state index contributed by atoms with van der Waals surface area (Å²) in [7, 11) is 0. The third kappa shape index (κ3) is 2.97. The Balaban J connectivity index is 2.06. The topological polar surface area (TPSA) is 56.5 Å². The minimum absolute atomic E-state index is 0.169. The second-order valence-electron chi connectivity index (χ2n) is 5.85. The molecule has 0 unspecified atom stereocenters. The maximum atomic E-state index is 14.2. The first-order valence-corrected chi connectivity index (χ1v) is 7.44. The third-order valence-corrected chi connectivity index (χ3v) is 4.45. The highest BCUT2D eigenvalue weighted by Crippen LogP contribution is 2.39. The molecule has 2 aromatic heterocycles. The second-order valence-corrected chi connectivity index (χ2v) is 5.85. The highest BCUT2D eigenvalue weighted by molar-refractivity contribution is 5.30. The zero-order valence-corrected chi connectivity index (χ0v) is 13.1. The second kappa shape index (κ2) is 6.24. The monoisotopic (exact) mass is 311 g/mol. The zero-order chi connectivity index (χ0) is 16.3. The van der Waals surface area contributed by atoms with E-state index < -0.39 is 5.41 Å². The van der Waals surface area contributed by atoms with Crippen LogP contribution in [-0.4, -0.2) is 24.7 Å². The van der Waals surface area contributed by atoms with Gasteiger partial charge in [0.2, 0.25) is 0 Å². The normalized spacial score (nSPS) is 15.1. The van der Waals surface area contributed by atoms with Crippen molar-refractivity contribution in [3.8, 4) is 0 Å². The summed E-state index contributed by atoms with van der Waals surface area (Å²) >= 11 is 0. The number of nitrogens with zero attached hydrogens (tertiary/aromatic N) is 5. The molecule has 0 aliphatic carbocycles. The maximum Gasteiger partial charge on any atom is 0.163 e. The van der Waals surface area contributed by atoms with Gasteiger partial charge in [-0.15, -0.1) is 0 Å². The van der Waals surface area contributed by atoms with Crippen LogP contribution in [0.2, 0.25) is 0 Å². The number of aromatic nitrogens is 5. The maximum absolute atomic E-state index is 14.2. The van der Waals surface area contributed by atoms with Crippen LogP contribution in [0.4, 0.5) is 4.39 Å². The minimum Gasteiger partial charge on any atom is -0.252 e. The molecule has 6 heteroatoms. The molecule has 0 N–H and O–H groups in total. The first kappa shape index (κ1) is 15.3. The van der Waals surface area contributed by atoms with E-state index in [-0.39, 0.29) is 11.7 Å². The summed E-state index contributed by atoms with van der Waals surface area (Å²) in [6.45, 7) is 4.65. The summed E-state index contributed by atoms with van der Waals surface area (Å²) in [5.74, 6) is -0.558. The SMILES string of the molecule is C[C@@H](c1ncncc1F)[C@](C)(Cn1cncn1)c1ccccc1. The van der Waals surface area contributed by atoms with E-state index in [1.165, 1.54) is 18.9 Å². The summed E-state index contributed by atoms with van der Waals surface area (Å²) < 4.78 is 16.0. The van der Waals surface area contributed by atoms with Crippen LogP contribution in [0, 0.1) is 5.82 Å². The lowest BCUT2D eigenvalue weighted by atomic mass is 9.71. The molecule has 0 saturated heterocycles. The molecule has 23 heavy (non-hydrogen) atoms. The number of hydrogen-bond donors (Lipinski definition) is 0. The smallest absolute Gasteiger partial charge is 0.163 e. The Labute approximate surface area is 134 Å². The Morgan fingerprint density at radius 2 is 1.96 bits per heavy atom. The van der Waals surface area contributed by atoms with Crippen molar-refractivity contribution in [1.29, 1.82) is 0 Å². The van der Waals surface area contributed by atoms with Crippen molar-refractivity contribution in [2.45, 2.75) is 31.7 Å². The van der Waals surface area contributed by atoms with Gasteiger partial charge in [0.1, 0.15) is 19.0 Å². The first-order valence-electron chi connectivity index (χ1n) is 7.44. The number of benzene rings is 1. The lowest BCUT2D eigenvalue weighted by Gasteiger charge is -2.36. The molecule has 2 atom stereocenters. The van der Waals surface area contributed by atoms with Crippen molar-refractivity contribution in [3.05, 3.63) is 72.6 Å². The van der Waals surface area contributed by atoms with E-state index in [4.69, 9.17) is 0 Å². The minimum atomic E-state index is -0.399. The lowest BCUT2D eigenvalue weighted by molar-refractivity contribution is 0.311. The van der Waals surface area contributed by atoms with Crippen LogP contribution < -0.4 is 0 Å². The summed E-state index contributed by atoms with van der Waals surface area (Å²) in [4.78, 5) is 11.9. The Bertz CT molecular complexity index is 760. The predicted molar refractivity (Wildman–Crippen MR) is 84.2 cm³/mol. The largest absolute Gasteiger partial charge is 0.252 e. The lowest BCUT2D eigenvalue weighted by Crippen LogP contribution is -2.35. The zero-order valence-electron chi connectivity index (χ0n) is 13.1. The van der Waals surface area contributed by atoms with Crippen LogP contribution in [-0.2, 0) is 12.0 Å². The molecular formula is C17H18FN5. The highest BCUT2D eigenvalue weighted by atomic mass is 19.1. The molecule has 0 aliphatic heterocycles. The molecule has 2 heterocycles. The third-order valence-electron chi connectivity index (χ3n) is 4.45. The van der Waals surface area contributed by atoms with Gasteiger partial charge in [-0.25, -0.2) is 19.3 Å². The Kier molecular flexibility index (Phi) is 4.14. The molecule has 5 nitrogen and oxygen atoms in total. The van der Waals surface area contributed by atoms with E-state index in [9.17, 15) is 4.39 Å². The molecule has 0 spiro atoms. The highest BCUT2D eigenvalue weighted by Gasteiger charge is 2.37. The van der Waals surface area contributed by atoms with Gasteiger partial charge < -0.3 is 0 Å². The molecule has 0 amide bonds. The van der Waals surface area contributed by atoms with Crippen molar-refractivity contribution >= 4 is 0 Å². The van der Waals surface area contributed by atoms with Gasteiger partial charge in [0, 0.05) is 11.3 Å². The first-order chi connectivity index (χ1) is 11.1. The Hall–Kier alpha value is -2.63. The Morgan fingerprint density at radius 1 is 1.17 bits per heavy atom. The summed E-state index contributed by atoms with van der Waals surface area (Å²) in [5.41, 5.74) is 1.11. The average Bonchev–Trinajstić information content (AvgIpc) is 3.08. The van der Waals surface area contributed by atoms with Crippen molar-refractivity contribution in [1.82, 2.24) is 24.7 Å². The fraction of sp³-hybridized carbons (Fsp3) is 0.294. The van der Waals surface area contributed by atoms with Gasteiger partial charge >= 0.3 is 0 Å². The van der Waals surface area contributed by atoms with Gasteiger partial charge in [-0.1, -0.05) is 44.2 Å². The van der Waals surface area contributed by atoms with Crippen LogP contribution in [0.25, 0.3) is 0 Å². The fourth-order valence-electron chi connectivity index (χ4n) is 2.89. The fourth-order valence-corrected chi connectivity index (χ4v) is 2.89. The van der Waals surface area contributed by atoms with E-state index in [0.717, 1.165) is 5.56 Å². The summed E-state index contributed by atoms with van der Waals surface area (Å²) in [5, 5.41) is 4.20. The predicted octanol–water partition coefficient (Wildman–Crippen LogP) is 2.97. The average molecular weight is 311 g/mol. The molecule has 0 fully saturated rings. The van der Waals surface area contributed by atoms with Crippen LogP contribution in [0.3, 0.4) is 0 Å². The molecule has 1 aromatic carbocycles. The van der Waals surface area contributed by atoms with Crippen LogP contribution in [0.1, 0.15) is 31.0 Å². The number of halogens is 1. The van der Waals surface area contributed by atoms with Gasteiger partial charge in [0.25, 0.3) is 0 Å². The van der Waals surface area contributed by atoms with Crippen LogP contribution in [0.15, 0.2) is 55.5 Å². The van der Waals surface area contributed by atoms with Gasteiger partial charge in [0.05, 0.1) is 18.4 Å². The molecule has 3 aromatic rings. The van der Waals surface area contributed by atoms with Gasteiger partial charge in [-0.05, 0) is 5.56 Å². The molecule has 0 aliphatic rings. The van der Waals surface area contributed by atoms with Gasteiger partial charge in [0.15, 0.2) is 5.82 Å². The van der Waals surface area contributed by atoms with Crippen LogP contribution in [0.5, 0.6) is 0 Å². The molecule has 118 valence electrons. The van der Waals surface area contributed by atoms with E-state index in [1.807, 2.05) is 37.3 Å². The quantitative estimate of drug-likeness (QED) is 0.727. The van der Waals surface area contributed by atoms with Crippen molar-refractivity contribution in [3.63, 3.8) is 0 Å². The molecule has 0 saturated carbocycles. The molecule has 3 rings (SSSR count). The van der Waals surface area contributed by atoms with E-state index in [2.05, 4.69) is 27.0 Å². The van der Waals surface area contributed by atoms with E-state index in [0.29, 0.717) is 12.2 Å². The van der Waals surface area contributed by atoms with Gasteiger partial charge in [-0.2, -0.15) is 5.10 Å². The number of hydrogen-bond acceptors (Lipinski definition) is 4. The molecular weight excluding hydrogens is 293 g/mol. The van der Waals surface area contributed by atoms with Crippen molar-refractivity contribution < 1.29 is 4.39 Å². The standard InChI is InChI=1S/C17H18FN5/c1-13(16-15(18)8-19-10-21-16)17(2,9-23-12-20-11-22-23)14-6-4-3-5-7-14/h3-8,10-13H,9H2,1-2H3/t13-,17-/m0/s1. The summed E-state index contributed by atoms with van der Waals surface area (Å²) in [6, 6.07) is 10.0. The van der Waals surface area contributed by atoms with Crippen molar-refractivity contribution in [2.24, 2.45) is 0 Å². The van der Waals surface area contributed by atoms with Crippen LogP contribution >= 0.6 is 0 Å². The summed E-state index contributed by atoms with van der Waals surface area (Å²) in [6.07, 6.45) is 5.76. The molecule has 0 bridgehead atoms. The number of rotatable bonds is 5. The molecule has 0 radical (unpaired) electrons. The Morgan fingerprint density at radius 3 is 2.61 bits per heavy atom. The van der Waals surface area contributed by atoms with E-state index in [1.54, 1.807) is 11.0 Å². The van der Waals surface area contributed by atoms with Gasteiger partial charge in [-0.3, -0.25) is 4.68 Å². The van der Waals surface area contributed by atoms with E-state index >= 15 is 0 Å².